The van der Waals surface area contributed by atoms with Crippen molar-refractivity contribution in [3.05, 3.63) is 18.1 Å². The molecule has 1 amide bonds. The zero-order chi connectivity index (χ0) is 14.4. The third-order valence-electron chi connectivity index (χ3n) is 3.64. The van der Waals surface area contributed by atoms with Gasteiger partial charge in [0.05, 0.1) is 12.4 Å². The molecule has 2 rings (SSSR count). The number of anilines is 1. The SMILES string of the molecule is CCNc1cncc(C(=O)NCC2(CCOC)CC2)n1. The van der Waals surface area contributed by atoms with Gasteiger partial charge in [-0.1, -0.05) is 0 Å². The van der Waals surface area contributed by atoms with Crippen LogP contribution in [0.15, 0.2) is 12.4 Å². The monoisotopic (exact) mass is 278 g/mol. The molecule has 1 aliphatic carbocycles. The van der Waals surface area contributed by atoms with Gasteiger partial charge < -0.3 is 15.4 Å². The van der Waals surface area contributed by atoms with Crippen molar-refractivity contribution in [2.24, 2.45) is 5.41 Å². The number of methoxy groups -OCH3 is 1. The molecule has 0 aromatic carbocycles. The Bertz CT molecular complexity index is 460. The first kappa shape index (κ1) is 14.7. The fraction of sp³-hybridized carbons (Fsp3) is 0.643. The second-order valence-electron chi connectivity index (χ2n) is 5.25. The van der Waals surface area contributed by atoms with E-state index in [1.165, 1.54) is 6.20 Å². The number of aromatic nitrogens is 2. The summed E-state index contributed by atoms with van der Waals surface area (Å²) in [4.78, 5) is 20.3. The lowest BCUT2D eigenvalue weighted by molar-refractivity contribution is 0.0932. The Morgan fingerprint density at radius 3 is 2.90 bits per heavy atom. The molecule has 0 aliphatic heterocycles. The second-order valence-corrected chi connectivity index (χ2v) is 5.25. The summed E-state index contributed by atoms with van der Waals surface area (Å²) in [5.41, 5.74) is 0.587. The Kier molecular flexibility index (Phi) is 4.89. The Hall–Kier alpha value is -1.69. The van der Waals surface area contributed by atoms with Gasteiger partial charge in [0.2, 0.25) is 0 Å². The van der Waals surface area contributed by atoms with Crippen LogP contribution in [0.1, 0.15) is 36.7 Å². The third-order valence-corrected chi connectivity index (χ3v) is 3.64. The zero-order valence-electron chi connectivity index (χ0n) is 12.1. The van der Waals surface area contributed by atoms with E-state index in [2.05, 4.69) is 20.6 Å². The summed E-state index contributed by atoms with van der Waals surface area (Å²) >= 11 is 0. The highest BCUT2D eigenvalue weighted by Crippen LogP contribution is 2.48. The molecule has 0 spiro atoms. The fourth-order valence-electron chi connectivity index (χ4n) is 2.11. The standard InChI is InChI=1S/C14H22N4O2/c1-3-16-12-9-15-8-11(18-12)13(19)17-10-14(4-5-14)6-7-20-2/h8-9H,3-7,10H2,1-2H3,(H,16,18)(H,17,19). The lowest BCUT2D eigenvalue weighted by Crippen LogP contribution is -2.31. The summed E-state index contributed by atoms with van der Waals surface area (Å²) in [7, 11) is 1.70. The maximum atomic E-state index is 12.1. The van der Waals surface area contributed by atoms with Gasteiger partial charge in [-0.3, -0.25) is 9.78 Å². The van der Waals surface area contributed by atoms with E-state index in [9.17, 15) is 4.79 Å². The fourth-order valence-corrected chi connectivity index (χ4v) is 2.11. The van der Waals surface area contributed by atoms with E-state index < -0.39 is 0 Å². The molecule has 110 valence electrons. The Morgan fingerprint density at radius 2 is 2.25 bits per heavy atom. The van der Waals surface area contributed by atoms with Crippen LogP contribution in [-0.4, -0.2) is 42.7 Å². The maximum Gasteiger partial charge on any atom is 0.271 e. The Labute approximate surface area is 119 Å². The average molecular weight is 278 g/mol. The second kappa shape index (κ2) is 6.65. The van der Waals surface area contributed by atoms with Crippen LogP contribution in [0.5, 0.6) is 0 Å². The number of carbonyl (C=O) groups is 1. The van der Waals surface area contributed by atoms with Crippen molar-refractivity contribution in [2.75, 3.05) is 32.1 Å². The van der Waals surface area contributed by atoms with Crippen LogP contribution >= 0.6 is 0 Å². The van der Waals surface area contributed by atoms with Crippen molar-refractivity contribution in [1.82, 2.24) is 15.3 Å². The highest BCUT2D eigenvalue weighted by atomic mass is 16.5. The predicted octanol–water partition coefficient (Wildman–Crippen LogP) is 1.45. The summed E-state index contributed by atoms with van der Waals surface area (Å²) in [5.74, 6) is 0.460. The van der Waals surface area contributed by atoms with Crippen LogP contribution in [0.3, 0.4) is 0 Å². The molecule has 0 unspecified atom stereocenters. The van der Waals surface area contributed by atoms with Crippen LogP contribution in [0.2, 0.25) is 0 Å². The minimum atomic E-state index is -0.166. The van der Waals surface area contributed by atoms with Gasteiger partial charge in [0.15, 0.2) is 0 Å². The quantitative estimate of drug-likeness (QED) is 0.753. The Morgan fingerprint density at radius 1 is 1.45 bits per heavy atom. The number of hydrogen-bond donors (Lipinski definition) is 2. The number of ether oxygens (including phenoxy) is 1. The summed E-state index contributed by atoms with van der Waals surface area (Å²) in [6.07, 6.45) is 6.40. The van der Waals surface area contributed by atoms with Crippen molar-refractivity contribution in [3.8, 4) is 0 Å². The molecule has 2 N–H and O–H groups in total. The van der Waals surface area contributed by atoms with E-state index in [1.807, 2.05) is 6.92 Å². The number of carbonyl (C=O) groups excluding carboxylic acids is 1. The van der Waals surface area contributed by atoms with E-state index in [0.717, 1.165) is 32.4 Å². The first-order valence-corrected chi connectivity index (χ1v) is 7.02. The van der Waals surface area contributed by atoms with Gasteiger partial charge in [0, 0.05) is 26.8 Å². The van der Waals surface area contributed by atoms with Gasteiger partial charge in [0.25, 0.3) is 5.91 Å². The van der Waals surface area contributed by atoms with Gasteiger partial charge in [-0.05, 0) is 31.6 Å². The highest BCUT2D eigenvalue weighted by Gasteiger charge is 2.42. The van der Waals surface area contributed by atoms with Crippen LogP contribution in [-0.2, 0) is 4.74 Å². The molecule has 1 aromatic rings. The van der Waals surface area contributed by atoms with Crippen molar-refractivity contribution >= 4 is 11.7 Å². The summed E-state index contributed by atoms with van der Waals surface area (Å²) < 4.78 is 5.11. The Balaban J connectivity index is 1.87. The molecule has 6 heteroatoms. The smallest absolute Gasteiger partial charge is 0.271 e. The molecule has 6 nitrogen and oxygen atoms in total. The zero-order valence-corrected chi connectivity index (χ0v) is 12.1. The first-order valence-electron chi connectivity index (χ1n) is 7.02. The lowest BCUT2D eigenvalue weighted by atomic mass is 10.0. The number of nitrogens with one attached hydrogen (secondary N) is 2. The highest BCUT2D eigenvalue weighted by molar-refractivity contribution is 5.92. The first-order chi connectivity index (χ1) is 9.69. The minimum Gasteiger partial charge on any atom is -0.385 e. The maximum absolute atomic E-state index is 12.1. The summed E-state index contributed by atoms with van der Waals surface area (Å²) in [6.45, 7) is 4.15. The van der Waals surface area contributed by atoms with Crippen molar-refractivity contribution in [2.45, 2.75) is 26.2 Å². The van der Waals surface area contributed by atoms with Crippen LogP contribution in [0.25, 0.3) is 0 Å². The third kappa shape index (κ3) is 3.90. The molecule has 1 fully saturated rings. The minimum absolute atomic E-state index is 0.166. The molecule has 1 aliphatic rings. The van der Waals surface area contributed by atoms with Crippen LogP contribution < -0.4 is 10.6 Å². The van der Waals surface area contributed by atoms with Gasteiger partial charge in [-0.25, -0.2) is 4.98 Å². The van der Waals surface area contributed by atoms with E-state index in [0.29, 0.717) is 18.1 Å². The average Bonchev–Trinajstić information content (AvgIpc) is 3.24. The van der Waals surface area contributed by atoms with Gasteiger partial charge in [-0.2, -0.15) is 0 Å². The molecular formula is C14H22N4O2. The largest absolute Gasteiger partial charge is 0.385 e. The van der Waals surface area contributed by atoms with Gasteiger partial charge >= 0.3 is 0 Å². The van der Waals surface area contributed by atoms with E-state index in [4.69, 9.17) is 4.74 Å². The van der Waals surface area contributed by atoms with Gasteiger partial charge in [0.1, 0.15) is 11.5 Å². The van der Waals surface area contributed by atoms with Crippen molar-refractivity contribution < 1.29 is 9.53 Å². The molecule has 1 saturated carbocycles. The van der Waals surface area contributed by atoms with Crippen LogP contribution in [0, 0.1) is 5.41 Å². The van der Waals surface area contributed by atoms with Gasteiger partial charge in [-0.15, -0.1) is 0 Å². The van der Waals surface area contributed by atoms with Crippen molar-refractivity contribution in [3.63, 3.8) is 0 Å². The predicted molar refractivity (Wildman–Crippen MR) is 76.7 cm³/mol. The van der Waals surface area contributed by atoms with E-state index in [-0.39, 0.29) is 11.3 Å². The number of hydrogen-bond acceptors (Lipinski definition) is 5. The summed E-state index contributed by atoms with van der Waals surface area (Å²) in [5, 5.41) is 6.00. The normalized spacial score (nSPS) is 15.7. The summed E-state index contributed by atoms with van der Waals surface area (Å²) in [6, 6.07) is 0. The molecule has 0 radical (unpaired) electrons. The van der Waals surface area contributed by atoms with Crippen LogP contribution in [0.4, 0.5) is 5.82 Å². The molecule has 1 aromatic heterocycles. The molecule has 0 bridgehead atoms. The number of amides is 1. The van der Waals surface area contributed by atoms with Crippen molar-refractivity contribution in [1.29, 1.82) is 0 Å². The van der Waals surface area contributed by atoms with E-state index in [1.54, 1.807) is 13.3 Å². The molecule has 0 saturated heterocycles. The topological polar surface area (TPSA) is 76.1 Å². The number of nitrogens with zero attached hydrogens (tertiary/aromatic N) is 2. The molecular weight excluding hydrogens is 256 g/mol. The molecule has 20 heavy (non-hydrogen) atoms. The number of rotatable bonds is 8. The lowest BCUT2D eigenvalue weighted by Gasteiger charge is -2.15. The molecule has 1 heterocycles. The van der Waals surface area contributed by atoms with E-state index >= 15 is 0 Å². The molecule has 0 atom stereocenters.